The Labute approximate surface area is 149 Å². The van der Waals surface area contributed by atoms with E-state index in [1.807, 2.05) is 42.5 Å². The van der Waals surface area contributed by atoms with Crippen molar-refractivity contribution in [3.63, 3.8) is 0 Å². The van der Waals surface area contributed by atoms with Gasteiger partial charge in [-0.05, 0) is 36.1 Å². The smallest absolute Gasteiger partial charge is 0.257 e. The minimum absolute atomic E-state index is 0.131. The van der Waals surface area contributed by atoms with Crippen molar-refractivity contribution in [2.75, 3.05) is 5.32 Å². The molecule has 4 rings (SSSR count). The van der Waals surface area contributed by atoms with Crippen molar-refractivity contribution >= 4 is 28.2 Å². The van der Waals surface area contributed by atoms with Crippen molar-refractivity contribution in [3.05, 3.63) is 70.7 Å². The number of carbonyl (C=O) groups excluding carboxylic acids is 2. The normalized spacial score (nSPS) is 13.4. The Hall–Kier alpha value is -2.79. The lowest BCUT2D eigenvalue weighted by Gasteiger charge is -2.05. The van der Waals surface area contributed by atoms with Crippen molar-refractivity contribution in [3.8, 4) is 11.1 Å². The van der Waals surface area contributed by atoms with Crippen LogP contribution in [0.3, 0.4) is 0 Å². The Morgan fingerprint density at radius 2 is 1.68 bits per heavy atom. The minimum Gasteiger partial charge on any atom is -0.298 e. The van der Waals surface area contributed by atoms with Gasteiger partial charge in [0.2, 0.25) is 0 Å². The summed E-state index contributed by atoms with van der Waals surface area (Å²) in [6, 6.07) is 17.5. The topological polar surface area (TPSA) is 59.1 Å². The summed E-state index contributed by atoms with van der Waals surface area (Å²) in [5, 5.41) is 3.31. The number of aryl methyl sites for hydroxylation is 1. The number of thiazole rings is 1. The number of benzene rings is 2. The highest BCUT2D eigenvalue weighted by molar-refractivity contribution is 7.17. The van der Waals surface area contributed by atoms with E-state index in [0.29, 0.717) is 22.0 Å². The zero-order chi connectivity index (χ0) is 17.2. The van der Waals surface area contributed by atoms with Crippen LogP contribution in [-0.4, -0.2) is 16.7 Å². The maximum absolute atomic E-state index is 12.4. The summed E-state index contributed by atoms with van der Waals surface area (Å²) in [5.74, 6) is -0.0791. The van der Waals surface area contributed by atoms with Crippen LogP contribution < -0.4 is 5.32 Å². The lowest BCUT2D eigenvalue weighted by molar-refractivity contribution is 0.0975. The number of carbonyl (C=O) groups is 2. The molecule has 1 aliphatic rings. The predicted molar refractivity (Wildman–Crippen MR) is 99.2 cm³/mol. The number of anilines is 1. The lowest BCUT2D eigenvalue weighted by Crippen LogP contribution is -2.11. The van der Waals surface area contributed by atoms with Crippen molar-refractivity contribution < 1.29 is 9.59 Å². The van der Waals surface area contributed by atoms with E-state index in [1.165, 1.54) is 11.3 Å². The van der Waals surface area contributed by atoms with Gasteiger partial charge in [0.1, 0.15) is 0 Å². The van der Waals surface area contributed by atoms with Crippen LogP contribution in [0.25, 0.3) is 11.1 Å². The number of amides is 1. The van der Waals surface area contributed by atoms with E-state index >= 15 is 0 Å². The van der Waals surface area contributed by atoms with Crippen LogP contribution in [0.15, 0.2) is 54.6 Å². The van der Waals surface area contributed by atoms with Gasteiger partial charge in [-0.15, -0.1) is 0 Å². The molecule has 0 unspecified atom stereocenters. The summed E-state index contributed by atoms with van der Waals surface area (Å²) in [7, 11) is 0. The number of ketones is 1. The first-order valence-corrected chi connectivity index (χ1v) is 9.02. The van der Waals surface area contributed by atoms with Gasteiger partial charge >= 0.3 is 0 Å². The third-order valence-electron chi connectivity index (χ3n) is 4.24. The molecule has 1 amide bonds. The molecule has 0 radical (unpaired) electrons. The van der Waals surface area contributed by atoms with Crippen molar-refractivity contribution in [1.29, 1.82) is 0 Å². The number of nitrogens with one attached hydrogen (secondary N) is 1. The fourth-order valence-electron chi connectivity index (χ4n) is 2.94. The van der Waals surface area contributed by atoms with Crippen LogP contribution >= 0.6 is 11.3 Å². The minimum atomic E-state index is -0.210. The largest absolute Gasteiger partial charge is 0.298 e. The van der Waals surface area contributed by atoms with Crippen LogP contribution in [0.2, 0.25) is 0 Å². The Balaban J connectivity index is 1.51. The summed E-state index contributed by atoms with van der Waals surface area (Å²) < 4.78 is 0. The molecule has 0 fully saturated rings. The van der Waals surface area contributed by atoms with E-state index in [0.717, 1.165) is 29.7 Å². The molecule has 0 saturated carbocycles. The van der Waals surface area contributed by atoms with Gasteiger partial charge in [0.05, 0.1) is 10.6 Å². The molecule has 1 aliphatic carbocycles. The molecule has 0 aliphatic heterocycles. The van der Waals surface area contributed by atoms with Crippen molar-refractivity contribution in [1.82, 2.24) is 4.98 Å². The molecule has 1 N–H and O–H groups in total. The first kappa shape index (κ1) is 15.7. The molecule has 0 saturated heterocycles. The Bertz CT molecular complexity index is 930. The van der Waals surface area contributed by atoms with E-state index in [9.17, 15) is 9.59 Å². The fraction of sp³-hybridized carbons (Fsp3) is 0.150. The second kappa shape index (κ2) is 6.61. The molecule has 5 heteroatoms. The maximum Gasteiger partial charge on any atom is 0.257 e. The lowest BCUT2D eigenvalue weighted by atomic mass is 10.0. The average molecular weight is 348 g/mol. The van der Waals surface area contributed by atoms with E-state index < -0.39 is 0 Å². The highest BCUT2D eigenvalue weighted by Gasteiger charge is 2.22. The summed E-state index contributed by atoms with van der Waals surface area (Å²) >= 11 is 1.27. The summed E-state index contributed by atoms with van der Waals surface area (Å²) in [5.41, 5.74) is 3.56. The Morgan fingerprint density at radius 3 is 2.40 bits per heavy atom. The molecule has 2 aromatic carbocycles. The SMILES string of the molecule is O=C(Nc1nc2c(s1)C(=O)CCC2)c1ccc(-c2ccccc2)cc1. The van der Waals surface area contributed by atoms with Crippen LogP contribution in [0.4, 0.5) is 5.13 Å². The van der Waals surface area contributed by atoms with Crippen LogP contribution in [-0.2, 0) is 6.42 Å². The number of rotatable bonds is 3. The van der Waals surface area contributed by atoms with Crippen molar-refractivity contribution in [2.45, 2.75) is 19.3 Å². The molecule has 0 spiro atoms. The molecular weight excluding hydrogens is 332 g/mol. The first-order valence-electron chi connectivity index (χ1n) is 8.20. The van der Waals surface area contributed by atoms with Gasteiger partial charge in [-0.1, -0.05) is 53.8 Å². The number of aromatic nitrogens is 1. The van der Waals surface area contributed by atoms with E-state index in [2.05, 4.69) is 10.3 Å². The number of fused-ring (bicyclic) bond motifs is 1. The van der Waals surface area contributed by atoms with Gasteiger partial charge < -0.3 is 0 Å². The molecule has 3 aromatic rings. The number of nitrogens with zero attached hydrogens (tertiary/aromatic N) is 1. The monoisotopic (exact) mass is 348 g/mol. The predicted octanol–water partition coefficient (Wildman–Crippen LogP) is 4.58. The Kier molecular flexibility index (Phi) is 4.15. The fourth-order valence-corrected chi connectivity index (χ4v) is 3.91. The third kappa shape index (κ3) is 3.23. The molecule has 25 heavy (non-hydrogen) atoms. The molecule has 124 valence electrons. The maximum atomic E-state index is 12.4. The highest BCUT2D eigenvalue weighted by Crippen LogP contribution is 2.30. The quantitative estimate of drug-likeness (QED) is 0.753. The van der Waals surface area contributed by atoms with Crippen LogP contribution in [0, 0.1) is 0 Å². The third-order valence-corrected chi connectivity index (χ3v) is 5.30. The number of hydrogen-bond acceptors (Lipinski definition) is 4. The molecule has 1 aromatic heterocycles. The van der Waals surface area contributed by atoms with E-state index in [-0.39, 0.29) is 11.7 Å². The van der Waals surface area contributed by atoms with Gasteiger partial charge in [0, 0.05) is 12.0 Å². The zero-order valence-corrected chi connectivity index (χ0v) is 14.3. The first-order chi connectivity index (χ1) is 12.2. The van der Waals surface area contributed by atoms with E-state index in [1.54, 1.807) is 12.1 Å². The van der Waals surface area contributed by atoms with Gasteiger partial charge in [-0.3, -0.25) is 14.9 Å². The average Bonchev–Trinajstić information content (AvgIpc) is 3.06. The van der Waals surface area contributed by atoms with E-state index in [4.69, 9.17) is 0 Å². The molecule has 4 nitrogen and oxygen atoms in total. The molecular formula is C20H16N2O2S. The molecule has 1 heterocycles. The summed E-state index contributed by atoms with van der Waals surface area (Å²) in [6.07, 6.45) is 2.21. The van der Waals surface area contributed by atoms with Gasteiger partial charge in [0.15, 0.2) is 10.9 Å². The second-order valence-corrected chi connectivity index (χ2v) is 6.97. The standard InChI is InChI=1S/C20H16N2O2S/c23-17-8-4-7-16-18(17)25-20(21-16)22-19(24)15-11-9-14(10-12-15)13-5-2-1-3-6-13/h1-3,5-6,9-12H,4,7-8H2,(H,21,22,24). The van der Waals surface area contributed by atoms with Gasteiger partial charge in [-0.25, -0.2) is 4.98 Å². The number of Topliss-reactive ketones (excluding diaryl/α,β-unsaturated/α-hetero) is 1. The van der Waals surface area contributed by atoms with Crippen LogP contribution in [0.5, 0.6) is 0 Å². The van der Waals surface area contributed by atoms with Crippen molar-refractivity contribution in [2.24, 2.45) is 0 Å². The summed E-state index contributed by atoms with van der Waals surface area (Å²) in [4.78, 5) is 29.4. The second-order valence-electron chi connectivity index (χ2n) is 5.97. The highest BCUT2D eigenvalue weighted by atomic mass is 32.1. The zero-order valence-electron chi connectivity index (χ0n) is 13.5. The summed E-state index contributed by atoms with van der Waals surface area (Å²) in [6.45, 7) is 0. The number of hydrogen-bond donors (Lipinski definition) is 1. The Morgan fingerprint density at radius 1 is 0.960 bits per heavy atom. The van der Waals surface area contributed by atoms with Gasteiger partial charge in [-0.2, -0.15) is 0 Å². The molecule has 0 bridgehead atoms. The van der Waals surface area contributed by atoms with Gasteiger partial charge in [0.25, 0.3) is 5.91 Å². The molecule has 0 atom stereocenters. The van der Waals surface area contributed by atoms with Crippen LogP contribution in [0.1, 0.15) is 38.6 Å².